The molecule has 0 saturated heterocycles. The molecule has 1 aromatic carbocycles. The molecule has 1 amide bonds. The summed E-state index contributed by atoms with van der Waals surface area (Å²) in [7, 11) is 1.50. The van der Waals surface area contributed by atoms with E-state index in [0.717, 1.165) is 12.0 Å². The zero-order chi connectivity index (χ0) is 13.8. The number of nitrogens with one attached hydrogen (secondary N) is 1. The minimum atomic E-state index is -3.70. The summed E-state index contributed by atoms with van der Waals surface area (Å²) in [5.41, 5.74) is 0.750. The molecule has 0 aromatic heterocycles. The lowest BCUT2D eigenvalue weighted by atomic mass is 10.1. The van der Waals surface area contributed by atoms with Gasteiger partial charge in [0.1, 0.15) is 0 Å². The maximum absolute atomic E-state index is 11.6. The van der Waals surface area contributed by atoms with Crippen LogP contribution in [0.3, 0.4) is 0 Å². The number of amides is 1. The summed E-state index contributed by atoms with van der Waals surface area (Å²) in [6.07, 6.45) is 1.10. The summed E-state index contributed by atoms with van der Waals surface area (Å²) in [4.78, 5) is 11.6. The summed E-state index contributed by atoms with van der Waals surface area (Å²) in [5, 5.41) is 2.84. The van der Waals surface area contributed by atoms with Crippen LogP contribution >= 0.6 is 10.7 Å². The molecule has 1 rings (SSSR count). The fourth-order valence-corrected chi connectivity index (χ4v) is 2.15. The molecule has 0 heterocycles. The summed E-state index contributed by atoms with van der Waals surface area (Å²) < 4.78 is 22.1. The Kier molecular flexibility index (Phi) is 5.16. The van der Waals surface area contributed by atoms with Gasteiger partial charge in [-0.05, 0) is 31.0 Å². The fraction of sp³-hybridized carbons (Fsp3) is 0.417. The van der Waals surface area contributed by atoms with E-state index < -0.39 is 9.05 Å². The molecule has 1 atom stereocenters. The van der Waals surface area contributed by atoms with Gasteiger partial charge in [0.25, 0.3) is 9.05 Å². The van der Waals surface area contributed by atoms with Crippen LogP contribution in [0.4, 0.5) is 0 Å². The normalized spacial score (nSPS) is 13.1. The average molecular weight is 290 g/mol. The number of hydrogen-bond acceptors (Lipinski definition) is 3. The molecule has 0 aliphatic carbocycles. The number of carbonyl (C=O) groups is 1. The van der Waals surface area contributed by atoms with Crippen molar-refractivity contribution in [2.75, 3.05) is 0 Å². The molecule has 6 heteroatoms. The third-order valence-corrected chi connectivity index (χ3v) is 3.96. The molecular formula is C12H16ClNO3S. The first kappa shape index (κ1) is 15.0. The number of hydrogen-bond donors (Lipinski definition) is 1. The van der Waals surface area contributed by atoms with E-state index in [1.165, 1.54) is 12.1 Å². The van der Waals surface area contributed by atoms with Crippen molar-refractivity contribution >= 4 is 25.6 Å². The lowest BCUT2D eigenvalue weighted by molar-refractivity contribution is -0.121. The van der Waals surface area contributed by atoms with Gasteiger partial charge in [0.2, 0.25) is 5.91 Å². The smallest absolute Gasteiger partial charge is 0.261 e. The van der Waals surface area contributed by atoms with Gasteiger partial charge in [-0.3, -0.25) is 4.79 Å². The van der Waals surface area contributed by atoms with Gasteiger partial charge in [0.05, 0.1) is 11.3 Å². The van der Waals surface area contributed by atoms with Crippen LogP contribution in [0, 0.1) is 0 Å². The Morgan fingerprint density at radius 1 is 1.33 bits per heavy atom. The molecule has 18 heavy (non-hydrogen) atoms. The van der Waals surface area contributed by atoms with E-state index in [1.54, 1.807) is 12.1 Å². The Labute approximate surface area is 112 Å². The Morgan fingerprint density at radius 3 is 2.33 bits per heavy atom. The maximum Gasteiger partial charge on any atom is 0.261 e. The topological polar surface area (TPSA) is 63.2 Å². The van der Waals surface area contributed by atoms with E-state index in [-0.39, 0.29) is 23.3 Å². The monoisotopic (exact) mass is 289 g/mol. The Balaban J connectivity index is 2.67. The zero-order valence-electron chi connectivity index (χ0n) is 10.3. The minimum absolute atomic E-state index is 0.0373. The van der Waals surface area contributed by atoms with Gasteiger partial charge in [-0.25, -0.2) is 8.42 Å². The van der Waals surface area contributed by atoms with Crippen LogP contribution in [-0.2, 0) is 20.3 Å². The first-order valence-electron chi connectivity index (χ1n) is 5.66. The summed E-state index contributed by atoms with van der Waals surface area (Å²) in [6.45, 7) is 3.92. The molecule has 0 aliphatic heterocycles. The molecule has 100 valence electrons. The standard InChI is InChI=1S/C12H16ClNO3S/c1-3-9(2)14-12(15)8-10-4-6-11(7-5-10)18(13,16)17/h4-7,9H,3,8H2,1-2H3,(H,14,15). The van der Waals surface area contributed by atoms with Gasteiger partial charge in [0, 0.05) is 16.7 Å². The third-order valence-electron chi connectivity index (χ3n) is 2.59. The van der Waals surface area contributed by atoms with Crippen molar-refractivity contribution in [1.82, 2.24) is 5.32 Å². The van der Waals surface area contributed by atoms with Crippen molar-refractivity contribution < 1.29 is 13.2 Å². The number of halogens is 1. The van der Waals surface area contributed by atoms with Crippen molar-refractivity contribution in [3.8, 4) is 0 Å². The molecule has 0 radical (unpaired) electrons. The molecule has 0 aliphatic rings. The predicted octanol–water partition coefficient (Wildman–Crippen LogP) is 2.07. The Bertz CT molecular complexity index is 511. The van der Waals surface area contributed by atoms with E-state index in [0.29, 0.717) is 0 Å². The highest BCUT2D eigenvalue weighted by Gasteiger charge is 2.10. The van der Waals surface area contributed by atoms with Crippen LogP contribution in [0.1, 0.15) is 25.8 Å². The van der Waals surface area contributed by atoms with Gasteiger partial charge < -0.3 is 5.32 Å². The van der Waals surface area contributed by atoms with Crippen LogP contribution in [0.5, 0.6) is 0 Å². The summed E-state index contributed by atoms with van der Waals surface area (Å²) in [5.74, 6) is -0.0779. The summed E-state index contributed by atoms with van der Waals surface area (Å²) in [6, 6.07) is 6.11. The first-order chi connectivity index (χ1) is 8.32. The second kappa shape index (κ2) is 6.20. The lowest BCUT2D eigenvalue weighted by Gasteiger charge is -2.11. The van der Waals surface area contributed by atoms with Crippen molar-refractivity contribution in [1.29, 1.82) is 0 Å². The molecule has 0 fully saturated rings. The van der Waals surface area contributed by atoms with Crippen LogP contribution < -0.4 is 5.32 Å². The minimum Gasteiger partial charge on any atom is -0.353 e. The van der Waals surface area contributed by atoms with Crippen LogP contribution in [-0.4, -0.2) is 20.4 Å². The molecule has 0 saturated carbocycles. The number of carbonyl (C=O) groups excluding carboxylic acids is 1. The number of benzene rings is 1. The molecule has 1 N–H and O–H groups in total. The largest absolute Gasteiger partial charge is 0.353 e. The second-order valence-electron chi connectivity index (χ2n) is 4.14. The van der Waals surface area contributed by atoms with E-state index in [4.69, 9.17) is 10.7 Å². The first-order valence-corrected chi connectivity index (χ1v) is 7.97. The van der Waals surface area contributed by atoms with E-state index in [2.05, 4.69) is 5.32 Å². The van der Waals surface area contributed by atoms with Gasteiger partial charge in [-0.1, -0.05) is 19.1 Å². The van der Waals surface area contributed by atoms with Crippen LogP contribution in [0.25, 0.3) is 0 Å². The zero-order valence-corrected chi connectivity index (χ0v) is 11.9. The molecule has 1 unspecified atom stereocenters. The molecule has 4 nitrogen and oxygen atoms in total. The van der Waals surface area contributed by atoms with Crippen molar-refractivity contribution in [3.05, 3.63) is 29.8 Å². The van der Waals surface area contributed by atoms with Gasteiger partial charge in [-0.15, -0.1) is 0 Å². The summed E-state index contributed by atoms with van der Waals surface area (Å²) >= 11 is 0. The van der Waals surface area contributed by atoms with Crippen molar-refractivity contribution in [2.45, 2.75) is 37.6 Å². The van der Waals surface area contributed by atoms with Crippen LogP contribution in [0.15, 0.2) is 29.2 Å². The van der Waals surface area contributed by atoms with Crippen molar-refractivity contribution in [2.24, 2.45) is 0 Å². The molecule has 0 bridgehead atoms. The highest BCUT2D eigenvalue weighted by molar-refractivity contribution is 8.13. The maximum atomic E-state index is 11.6. The highest BCUT2D eigenvalue weighted by Crippen LogP contribution is 2.15. The van der Waals surface area contributed by atoms with E-state index >= 15 is 0 Å². The fourth-order valence-electron chi connectivity index (χ4n) is 1.38. The Hall–Kier alpha value is -1.07. The Morgan fingerprint density at radius 2 is 1.89 bits per heavy atom. The lowest BCUT2D eigenvalue weighted by Crippen LogP contribution is -2.33. The van der Waals surface area contributed by atoms with Gasteiger partial charge >= 0.3 is 0 Å². The molecule has 1 aromatic rings. The van der Waals surface area contributed by atoms with E-state index in [9.17, 15) is 13.2 Å². The highest BCUT2D eigenvalue weighted by atomic mass is 35.7. The quantitative estimate of drug-likeness (QED) is 0.844. The number of rotatable bonds is 5. The van der Waals surface area contributed by atoms with E-state index in [1.807, 2.05) is 13.8 Å². The third kappa shape index (κ3) is 4.66. The van der Waals surface area contributed by atoms with Gasteiger partial charge in [0.15, 0.2) is 0 Å². The van der Waals surface area contributed by atoms with Gasteiger partial charge in [-0.2, -0.15) is 0 Å². The predicted molar refractivity (Wildman–Crippen MR) is 71.1 cm³/mol. The average Bonchev–Trinajstić information content (AvgIpc) is 2.28. The van der Waals surface area contributed by atoms with Crippen molar-refractivity contribution in [3.63, 3.8) is 0 Å². The molecule has 0 spiro atoms. The second-order valence-corrected chi connectivity index (χ2v) is 6.70. The van der Waals surface area contributed by atoms with Crippen LogP contribution in [0.2, 0.25) is 0 Å². The SMILES string of the molecule is CCC(C)NC(=O)Cc1ccc(S(=O)(=O)Cl)cc1. The molecular weight excluding hydrogens is 274 g/mol.